The van der Waals surface area contributed by atoms with Crippen LogP contribution in [0.15, 0.2) is 0 Å². The second-order valence-corrected chi connectivity index (χ2v) is 7.72. The van der Waals surface area contributed by atoms with Crippen LogP contribution >= 0.6 is 11.3 Å². The van der Waals surface area contributed by atoms with Gasteiger partial charge in [0.25, 0.3) is 0 Å². The molecule has 2 N–H and O–H groups in total. The van der Waals surface area contributed by atoms with Crippen molar-refractivity contribution >= 4 is 28.3 Å². The van der Waals surface area contributed by atoms with Crippen LogP contribution in [0.25, 0.3) is 0 Å². The van der Waals surface area contributed by atoms with E-state index < -0.39 is 0 Å². The lowest BCUT2D eigenvalue weighted by Crippen LogP contribution is -2.39. The van der Waals surface area contributed by atoms with Crippen LogP contribution in [0, 0.1) is 5.92 Å². The van der Waals surface area contributed by atoms with Crippen molar-refractivity contribution in [1.82, 2.24) is 15.5 Å². The Balaban J connectivity index is 1.41. The van der Waals surface area contributed by atoms with Gasteiger partial charge in [-0.15, -0.1) is 10.2 Å². The second-order valence-electron chi connectivity index (χ2n) is 6.66. The van der Waals surface area contributed by atoms with Crippen LogP contribution in [-0.2, 0) is 20.7 Å². The molecule has 0 spiro atoms. The van der Waals surface area contributed by atoms with Gasteiger partial charge in [-0.2, -0.15) is 0 Å². The molecule has 0 radical (unpaired) electrons. The van der Waals surface area contributed by atoms with Gasteiger partial charge in [-0.05, 0) is 38.0 Å². The molecule has 0 aromatic carbocycles. The summed E-state index contributed by atoms with van der Waals surface area (Å²) in [6, 6.07) is 1.20. The largest absolute Gasteiger partial charge is 0.469 e. The van der Waals surface area contributed by atoms with Crippen molar-refractivity contribution in [3.63, 3.8) is 0 Å². The van der Waals surface area contributed by atoms with E-state index in [1.165, 1.54) is 31.3 Å². The van der Waals surface area contributed by atoms with Gasteiger partial charge >= 0.3 is 5.97 Å². The molecule has 0 aliphatic carbocycles. The highest BCUT2D eigenvalue weighted by Gasteiger charge is 2.34. The molecule has 2 unspecified atom stereocenters. The number of aromatic nitrogens is 2. The Morgan fingerprint density at radius 2 is 2.04 bits per heavy atom. The average molecular weight is 352 g/mol. The molecular weight excluding hydrogens is 328 g/mol. The Morgan fingerprint density at radius 1 is 1.29 bits per heavy atom. The van der Waals surface area contributed by atoms with Crippen LogP contribution in [0.4, 0.5) is 5.13 Å². The van der Waals surface area contributed by atoms with Crippen LogP contribution in [-0.4, -0.2) is 41.3 Å². The molecule has 7 nitrogen and oxygen atoms in total. The van der Waals surface area contributed by atoms with Gasteiger partial charge < -0.3 is 15.4 Å². The summed E-state index contributed by atoms with van der Waals surface area (Å²) in [7, 11) is 1.38. The monoisotopic (exact) mass is 352 g/mol. The number of nitrogens with zero attached hydrogens (tertiary/aromatic N) is 2. The van der Waals surface area contributed by atoms with E-state index in [0.29, 0.717) is 48.8 Å². The Hall–Kier alpha value is -1.54. The summed E-state index contributed by atoms with van der Waals surface area (Å²) >= 11 is 1.38. The minimum atomic E-state index is -0.219. The lowest BCUT2D eigenvalue weighted by atomic mass is 9.89. The minimum Gasteiger partial charge on any atom is -0.469 e. The number of fused-ring (bicyclic) bond motifs is 2. The van der Waals surface area contributed by atoms with Crippen molar-refractivity contribution in [3.05, 3.63) is 5.01 Å². The lowest BCUT2D eigenvalue weighted by molar-refractivity contribution is -0.140. The maximum Gasteiger partial charge on any atom is 0.305 e. The number of aryl methyl sites for hydroxylation is 1. The molecular formula is C16H24N4O3S. The number of carbonyl (C=O) groups excluding carboxylic acids is 2. The van der Waals surface area contributed by atoms with Gasteiger partial charge in [0.2, 0.25) is 11.0 Å². The molecule has 1 aromatic heterocycles. The van der Waals surface area contributed by atoms with Gasteiger partial charge in [-0.3, -0.25) is 9.59 Å². The molecule has 2 aliphatic heterocycles. The molecule has 2 atom stereocenters. The Morgan fingerprint density at radius 3 is 2.75 bits per heavy atom. The molecule has 2 bridgehead atoms. The van der Waals surface area contributed by atoms with Crippen molar-refractivity contribution in [2.75, 3.05) is 12.4 Å². The molecule has 2 aliphatic rings. The molecule has 24 heavy (non-hydrogen) atoms. The SMILES string of the molecule is COC(=O)CCCc1nnc(NC(=O)CC2CC3CCC(C2)N3)s1. The molecule has 3 rings (SSSR count). The predicted molar refractivity (Wildman–Crippen MR) is 90.8 cm³/mol. The number of nitrogens with one attached hydrogen (secondary N) is 2. The van der Waals surface area contributed by atoms with Gasteiger partial charge in [0.05, 0.1) is 7.11 Å². The number of piperidine rings is 1. The van der Waals surface area contributed by atoms with E-state index in [9.17, 15) is 9.59 Å². The maximum atomic E-state index is 12.2. The number of carbonyl (C=O) groups is 2. The van der Waals surface area contributed by atoms with Crippen LogP contribution in [0.2, 0.25) is 0 Å². The van der Waals surface area contributed by atoms with E-state index in [4.69, 9.17) is 0 Å². The summed E-state index contributed by atoms with van der Waals surface area (Å²) in [4.78, 5) is 23.3. The Labute approximate surface area is 145 Å². The van der Waals surface area contributed by atoms with E-state index >= 15 is 0 Å². The van der Waals surface area contributed by atoms with Crippen LogP contribution in [0.3, 0.4) is 0 Å². The molecule has 1 amide bonds. The maximum absolute atomic E-state index is 12.2. The summed E-state index contributed by atoms with van der Waals surface area (Å²) < 4.78 is 4.60. The summed E-state index contributed by atoms with van der Waals surface area (Å²) in [5.41, 5.74) is 0. The van der Waals surface area contributed by atoms with Crippen LogP contribution in [0.5, 0.6) is 0 Å². The van der Waals surface area contributed by atoms with Crippen molar-refractivity contribution in [3.8, 4) is 0 Å². The molecule has 3 heterocycles. The van der Waals surface area contributed by atoms with Crippen LogP contribution in [0.1, 0.15) is 50.0 Å². The van der Waals surface area contributed by atoms with Gasteiger partial charge in [0.1, 0.15) is 5.01 Å². The van der Waals surface area contributed by atoms with E-state index in [2.05, 4.69) is 25.6 Å². The number of amides is 1. The highest BCUT2D eigenvalue weighted by Crippen LogP contribution is 2.32. The third-order valence-electron chi connectivity index (χ3n) is 4.76. The number of anilines is 1. The first-order chi connectivity index (χ1) is 11.6. The normalized spacial score (nSPS) is 25.5. The van der Waals surface area contributed by atoms with E-state index in [1.807, 2.05) is 0 Å². The van der Waals surface area contributed by atoms with Gasteiger partial charge in [-0.25, -0.2) is 0 Å². The van der Waals surface area contributed by atoms with Crippen molar-refractivity contribution in [1.29, 1.82) is 0 Å². The summed E-state index contributed by atoms with van der Waals surface area (Å²) in [6.07, 6.45) is 6.95. The highest BCUT2D eigenvalue weighted by atomic mass is 32.1. The van der Waals surface area contributed by atoms with Gasteiger partial charge in [0, 0.05) is 31.3 Å². The average Bonchev–Trinajstić information content (AvgIpc) is 3.13. The zero-order valence-corrected chi connectivity index (χ0v) is 14.7. The quantitative estimate of drug-likeness (QED) is 0.728. The van der Waals surface area contributed by atoms with Crippen molar-refractivity contribution in [2.45, 2.75) is 63.5 Å². The molecule has 2 fully saturated rings. The van der Waals surface area contributed by atoms with Gasteiger partial charge in [0.15, 0.2) is 0 Å². The van der Waals surface area contributed by atoms with Crippen molar-refractivity contribution in [2.24, 2.45) is 5.92 Å². The van der Waals surface area contributed by atoms with E-state index in [-0.39, 0.29) is 11.9 Å². The molecule has 0 saturated carbocycles. The fraction of sp³-hybridized carbons (Fsp3) is 0.750. The smallest absolute Gasteiger partial charge is 0.305 e. The zero-order chi connectivity index (χ0) is 16.9. The van der Waals surface area contributed by atoms with Crippen molar-refractivity contribution < 1.29 is 14.3 Å². The summed E-state index contributed by atoms with van der Waals surface area (Å²) in [5, 5.41) is 15.9. The Bertz CT molecular complexity index is 580. The van der Waals surface area contributed by atoms with Gasteiger partial charge in [-0.1, -0.05) is 11.3 Å². The molecule has 8 heteroatoms. The summed E-state index contributed by atoms with van der Waals surface area (Å²) in [5.74, 6) is 0.277. The second kappa shape index (κ2) is 8.02. The fourth-order valence-corrected chi connectivity index (χ4v) is 4.46. The van der Waals surface area contributed by atoms with E-state index in [1.54, 1.807) is 0 Å². The highest BCUT2D eigenvalue weighted by molar-refractivity contribution is 7.15. The fourth-order valence-electron chi connectivity index (χ4n) is 3.67. The number of rotatable bonds is 7. The third-order valence-corrected chi connectivity index (χ3v) is 5.66. The topological polar surface area (TPSA) is 93.2 Å². The first-order valence-electron chi connectivity index (χ1n) is 8.57. The third kappa shape index (κ3) is 4.73. The lowest BCUT2D eigenvalue weighted by Gasteiger charge is -2.28. The standard InChI is InChI=1S/C16H24N4O3S/c1-23-15(22)4-2-3-14-19-20-16(24-14)18-13(21)9-10-7-11-5-6-12(8-10)17-11/h10-12,17H,2-9H2,1H3,(H,18,20,21). The zero-order valence-electron chi connectivity index (χ0n) is 13.9. The molecule has 132 valence electrons. The minimum absolute atomic E-state index is 0.0264. The Kier molecular flexibility index (Phi) is 5.78. The predicted octanol–water partition coefficient (Wildman–Crippen LogP) is 1.89. The van der Waals surface area contributed by atoms with E-state index in [0.717, 1.165) is 17.8 Å². The molecule has 2 saturated heterocycles. The number of hydrogen-bond acceptors (Lipinski definition) is 7. The number of methoxy groups -OCH3 is 1. The molecule has 1 aromatic rings. The number of esters is 1. The summed E-state index contributed by atoms with van der Waals surface area (Å²) in [6.45, 7) is 0. The van der Waals surface area contributed by atoms with Crippen LogP contribution < -0.4 is 10.6 Å². The number of hydrogen-bond donors (Lipinski definition) is 2. The number of ether oxygens (including phenoxy) is 1. The first kappa shape index (κ1) is 17.3. The first-order valence-corrected chi connectivity index (χ1v) is 9.39.